The zero-order chi connectivity index (χ0) is 23.4. The van der Waals surface area contributed by atoms with Crippen LogP contribution < -0.4 is 15.4 Å². The first-order chi connectivity index (χ1) is 15.0. The molecule has 3 rings (SSSR count). The number of amides is 1. The summed E-state index contributed by atoms with van der Waals surface area (Å²) in [7, 11) is -1.69. The lowest BCUT2D eigenvalue weighted by molar-refractivity contribution is 0.0936. The largest absolute Gasteiger partial charge is 0.381 e. The first-order valence-electron chi connectivity index (χ1n) is 10.9. The lowest BCUT2D eigenvalue weighted by Gasteiger charge is -2.29. The van der Waals surface area contributed by atoms with Crippen molar-refractivity contribution < 1.29 is 13.2 Å². The van der Waals surface area contributed by atoms with Crippen LogP contribution in [0.15, 0.2) is 39.9 Å². The number of piperidine rings is 1. The number of carbonyl (C=O) groups excluding carboxylic acids is 1. The number of benzene rings is 1. The van der Waals surface area contributed by atoms with Crippen LogP contribution in [0.1, 0.15) is 49.5 Å². The van der Waals surface area contributed by atoms with Gasteiger partial charge in [0.25, 0.3) is 5.91 Å². The quantitative estimate of drug-likeness (QED) is 0.540. The van der Waals surface area contributed by atoms with Crippen molar-refractivity contribution in [2.45, 2.75) is 50.6 Å². The topological polar surface area (TPSA) is 90.5 Å². The van der Waals surface area contributed by atoms with Gasteiger partial charge < -0.3 is 15.5 Å². The predicted molar refractivity (Wildman–Crippen MR) is 131 cm³/mol. The summed E-state index contributed by atoms with van der Waals surface area (Å²) in [5.74, 6) is 0.146. The van der Waals surface area contributed by atoms with Gasteiger partial charge in [-0.15, -0.1) is 0 Å². The van der Waals surface area contributed by atoms with Gasteiger partial charge in [0, 0.05) is 36.4 Å². The number of nitrogens with zero attached hydrogens (tertiary/aromatic N) is 1. The number of hydrogen-bond donors (Lipinski definition) is 3. The number of thiophene rings is 1. The van der Waals surface area contributed by atoms with E-state index in [1.807, 2.05) is 16.8 Å². The first kappa shape index (κ1) is 24.7. The fraction of sp³-hybridized carbons (Fsp3) is 0.522. The average Bonchev–Trinajstić information content (AvgIpc) is 3.22. The van der Waals surface area contributed by atoms with Crippen molar-refractivity contribution in [3.05, 3.63) is 46.2 Å². The average molecular weight is 479 g/mol. The summed E-state index contributed by atoms with van der Waals surface area (Å²) in [5.41, 5.74) is 1.40. The maximum absolute atomic E-state index is 13.0. The molecule has 3 N–H and O–H groups in total. The predicted octanol–water partition coefficient (Wildman–Crippen LogP) is 3.51. The summed E-state index contributed by atoms with van der Waals surface area (Å²) in [4.78, 5) is 15.3. The lowest BCUT2D eigenvalue weighted by atomic mass is 9.98. The van der Waals surface area contributed by atoms with Gasteiger partial charge in [0.1, 0.15) is 0 Å². The van der Waals surface area contributed by atoms with E-state index in [2.05, 4.69) is 27.3 Å². The molecular weight excluding hydrogens is 444 g/mol. The number of anilines is 1. The molecule has 0 unspecified atom stereocenters. The molecular formula is C23H34N4O3S2. The van der Waals surface area contributed by atoms with E-state index < -0.39 is 15.6 Å². The van der Waals surface area contributed by atoms with Gasteiger partial charge in [-0.3, -0.25) is 4.79 Å². The SMILES string of the molecule is CN1CCC[C@@H](CNC(=O)c2cc(NCc3ccsc3)cc(S(=O)(=O)NC(C)(C)C)c2)C1. The fourth-order valence-electron chi connectivity index (χ4n) is 3.83. The van der Waals surface area contributed by atoms with Crippen LogP contribution >= 0.6 is 11.3 Å². The fourth-order valence-corrected chi connectivity index (χ4v) is 5.98. The third kappa shape index (κ3) is 7.30. The molecule has 9 heteroatoms. The molecule has 176 valence electrons. The van der Waals surface area contributed by atoms with Crippen LogP contribution in [0.4, 0.5) is 5.69 Å². The van der Waals surface area contributed by atoms with Crippen molar-refractivity contribution >= 4 is 33.0 Å². The van der Waals surface area contributed by atoms with Crippen LogP contribution in [0.3, 0.4) is 0 Å². The van der Waals surface area contributed by atoms with E-state index in [0.717, 1.165) is 31.5 Å². The summed E-state index contributed by atoms with van der Waals surface area (Å²) in [5, 5.41) is 10.3. The summed E-state index contributed by atoms with van der Waals surface area (Å²) in [6, 6.07) is 6.75. The van der Waals surface area contributed by atoms with Gasteiger partial charge in [-0.1, -0.05) is 0 Å². The highest BCUT2D eigenvalue weighted by Crippen LogP contribution is 2.22. The van der Waals surface area contributed by atoms with Crippen LogP contribution in [0.5, 0.6) is 0 Å². The van der Waals surface area contributed by atoms with Gasteiger partial charge in [-0.05, 0) is 93.7 Å². The second kappa shape index (κ2) is 10.3. The van der Waals surface area contributed by atoms with E-state index in [9.17, 15) is 13.2 Å². The molecule has 0 saturated carbocycles. The van der Waals surface area contributed by atoms with Gasteiger partial charge in [0.2, 0.25) is 10.0 Å². The van der Waals surface area contributed by atoms with E-state index in [1.54, 1.807) is 44.2 Å². The molecule has 0 radical (unpaired) electrons. The summed E-state index contributed by atoms with van der Waals surface area (Å²) < 4.78 is 28.6. The van der Waals surface area contributed by atoms with E-state index in [1.165, 1.54) is 6.07 Å². The molecule has 1 aliphatic rings. The van der Waals surface area contributed by atoms with Gasteiger partial charge in [-0.2, -0.15) is 11.3 Å². The maximum atomic E-state index is 13.0. The minimum Gasteiger partial charge on any atom is -0.381 e. The minimum absolute atomic E-state index is 0.0743. The standard InChI is InChI=1S/C23H34N4O3S2/c1-23(2,3)26-32(29,30)21-11-19(10-20(12-21)24-14-18-7-9-31-16-18)22(28)25-13-17-6-5-8-27(4)15-17/h7,9-12,16-17,24,26H,5-6,8,13-15H2,1-4H3,(H,25,28)/t17-/m0/s1. The van der Waals surface area contributed by atoms with Crippen molar-refractivity contribution in [1.29, 1.82) is 0 Å². The van der Waals surface area contributed by atoms with Crippen LogP contribution in [0.25, 0.3) is 0 Å². The minimum atomic E-state index is -3.79. The Hall–Kier alpha value is -1.94. The molecule has 1 atom stereocenters. The van der Waals surface area contributed by atoms with Gasteiger partial charge in [0.15, 0.2) is 0 Å². The zero-order valence-corrected chi connectivity index (χ0v) is 20.9. The number of sulfonamides is 1. The summed E-state index contributed by atoms with van der Waals surface area (Å²) >= 11 is 1.60. The molecule has 0 aliphatic carbocycles. The number of nitrogens with one attached hydrogen (secondary N) is 3. The Morgan fingerprint density at radius 1 is 1.25 bits per heavy atom. The summed E-state index contributed by atoms with van der Waals surface area (Å²) in [6.07, 6.45) is 2.21. The van der Waals surface area contributed by atoms with E-state index in [0.29, 0.717) is 30.3 Å². The van der Waals surface area contributed by atoms with Crippen molar-refractivity contribution in [1.82, 2.24) is 14.9 Å². The Labute approximate surface area is 195 Å². The van der Waals surface area contributed by atoms with Gasteiger partial charge in [0.05, 0.1) is 4.90 Å². The van der Waals surface area contributed by atoms with Crippen molar-refractivity contribution in [2.75, 3.05) is 32.0 Å². The second-order valence-electron chi connectivity index (χ2n) is 9.57. The molecule has 2 aromatic rings. The Bertz CT molecular complexity index is 1010. The Morgan fingerprint density at radius 2 is 2.03 bits per heavy atom. The second-order valence-corrected chi connectivity index (χ2v) is 12.0. The van der Waals surface area contributed by atoms with Crippen molar-refractivity contribution in [3.8, 4) is 0 Å². The third-order valence-corrected chi connectivity index (χ3v) is 7.74. The number of hydrogen-bond acceptors (Lipinski definition) is 6. The monoisotopic (exact) mass is 478 g/mol. The molecule has 1 aliphatic heterocycles. The van der Waals surface area contributed by atoms with Crippen LogP contribution in [-0.4, -0.2) is 51.4 Å². The molecule has 0 bridgehead atoms. The highest BCUT2D eigenvalue weighted by atomic mass is 32.2. The molecule has 1 aromatic heterocycles. The third-order valence-electron chi connectivity index (χ3n) is 5.27. The van der Waals surface area contributed by atoms with Crippen molar-refractivity contribution in [2.24, 2.45) is 5.92 Å². The van der Waals surface area contributed by atoms with Gasteiger partial charge in [-0.25, -0.2) is 13.1 Å². The highest BCUT2D eigenvalue weighted by molar-refractivity contribution is 7.89. The molecule has 1 saturated heterocycles. The van der Waals surface area contributed by atoms with Crippen LogP contribution in [0, 0.1) is 5.92 Å². The maximum Gasteiger partial charge on any atom is 0.251 e. The molecule has 2 heterocycles. The zero-order valence-electron chi connectivity index (χ0n) is 19.3. The van der Waals surface area contributed by atoms with Crippen LogP contribution in [-0.2, 0) is 16.6 Å². The molecule has 0 spiro atoms. The molecule has 1 fully saturated rings. The number of rotatable bonds is 8. The van der Waals surface area contributed by atoms with Crippen molar-refractivity contribution in [3.63, 3.8) is 0 Å². The Kier molecular flexibility index (Phi) is 7.97. The van der Waals surface area contributed by atoms with Crippen LogP contribution in [0.2, 0.25) is 0 Å². The normalized spacial score (nSPS) is 17.8. The molecule has 1 aromatic carbocycles. The first-order valence-corrected chi connectivity index (χ1v) is 13.4. The lowest BCUT2D eigenvalue weighted by Crippen LogP contribution is -2.40. The van der Waals surface area contributed by atoms with E-state index in [-0.39, 0.29) is 10.8 Å². The van der Waals surface area contributed by atoms with Gasteiger partial charge >= 0.3 is 0 Å². The molecule has 32 heavy (non-hydrogen) atoms. The smallest absolute Gasteiger partial charge is 0.251 e. The molecule has 1 amide bonds. The highest BCUT2D eigenvalue weighted by Gasteiger charge is 2.24. The Balaban J connectivity index is 1.81. The summed E-state index contributed by atoms with van der Waals surface area (Å²) in [6.45, 7) is 8.54. The molecule has 7 nitrogen and oxygen atoms in total. The van der Waals surface area contributed by atoms with E-state index in [4.69, 9.17) is 0 Å². The Morgan fingerprint density at radius 3 is 2.69 bits per heavy atom. The number of likely N-dealkylation sites (tertiary alicyclic amines) is 1. The number of carbonyl (C=O) groups is 1. The van der Waals surface area contributed by atoms with E-state index >= 15 is 0 Å².